The van der Waals surface area contributed by atoms with Gasteiger partial charge in [0.2, 0.25) is 0 Å². The molecule has 0 bridgehead atoms. The van der Waals surface area contributed by atoms with Gasteiger partial charge in [0.05, 0.1) is 0 Å². The van der Waals surface area contributed by atoms with Gasteiger partial charge in [0.1, 0.15) is 0 Å². The number of aromatic nitrogens is 1. The number of rotatable bonds is 5. The fourth-order valence-corrected chi connectivity index (χ4v) is 3.26. The van der Waals surface area contributed by atoms with E-state index in [9.17, 15) is 8.42 Å². The molecule has 2 rings (SSSR count). The highest BCUT2D eigenvalue weighted by Crippen LogP contribution is 2.36. The van der Waals surface area contributed by atoms with E-state index in [0.717, 1.165) is 18.4 Å². The van der Waals surface area contributed by atoms with Crippen LogP contribution < -0.4 is 5.73 Å². The lowest BCUT2D eigenvalue weighted by Crippen LogP contribution is -2.36. The molecule has 0 radical (unpaired) electrons. The quantitative estimate of drug-likeness (QED) is 0.863. The van der Waals surface area contributed by atoms with Gasteiger partial charge in [-0.2, -0.15) is 4.31 Å². The van der Waals surface area contributed by atoms with Crippen LogP contribution in [0.4, 0.5) is 0 Å². The van der Waals surface area contributed by atoms with E-state index in [1.807, 2.05) is 6.92 Å². The standard InChI is InChI=1S/C12H19N3O2S/c1-9(11-4-5-11)15(2)18(16,17)12-6-3-10(7-13)8-14-12/h3,6,8-9,11H,4-5,7,13H2,1-2H3. The summed E-state index contributed by atoms with van der Waals surface area (Å²) in [6, 6.07) is 3.26. The summed E-state index contributed by atoms with van der Waals surface area (Å²) >= 11 is 0. The Hall–Kier alpha value is -0.980. The predicted molar refractivity (Wildman–Crippen MR) is 69.3 cm³/mol. The van der Waals surface area contributed by atoms with Crippen LogP contribution in [0.2, 0.25) is 0 Å². The third kappa shape index (κ3) is 2.55. The number of pyridine rings is 1. The molecule has 6 heteroatoms. The van der Waals surface area contributed by atoms with E-state index in [1.54, 1.807) is 13.1 Å². The Morgan fingerprint density at radius 3 is 2.61 bits per heavy atom. The van der Waals surface area contributed by atoms with Crippen molar-refractivity contribution in [3.63, 3.8) is 0 Å². The molecule has 1 atom stereocenters. The van der Waals surface area contributed by atoms with Gasteiger partial charge in [-0.1, -0.05) is 6.07 Å². The molecule has 1 heterocycles. The number of hydrogen-bond donors (Lipinski definition) is 1. The van der Waals surface area contributed by atoms with Crippen molar-refractivity contribution in [3.05, 3.63) is 23.9 Å². The summed E-state index contributed by atoms with van der Waals surface area (Å²) in [4.78, 5) is 3.99. The molecule has 5 nitrogen and oxygen atoms in total. The van der Waals surface area contributed by atoms with Crippen molar-refractivity contribution in [1.82, 2.24) is 9.29 Å². The lowest BCUT2D eigenvalue weighted by Gasteiger charge is -2.23. The SMILES string of the molecule is CC(C1CC1)N(C)S(=O)(=O)c1ccc(CN)cn1. The van der Waals surface area contributed by atoms with Crippen LogP contribution in [0.15, 0.2) is 23.4 Å². The molecule has 0 aliphatic heterocycles. The molecule has 1 unspecified atom stereocenters. The van der Waals surface area contributed by atoms with Crippen LogP contribution in [0.3, 0.4) is 0 Å². The summed E-state index contributed by atoms with van der Waals surface area (Å²) in [5, 5.41) is 0.0923. The minimum absolute atomic E-state index is 0.0333. The van der Waals surface area contributed by atoms with Gasteiger partial charge in [-0.3, -0.25) is 0 Å². The maximum absolute atomic E-state index is 12.3. The van der Waals surface area contributed by atoms with Crippen LogP contribution in [0.25, 0.3) is 0 Å². The highest BCUT2D eigenvalue weighted by Gasteiger charge is 2.36. The van der Waals surface area contributed by atoms with Gasteiger partial charge in [0.25, 0.3) is 10.0 Å². The molecule has 18 heavy (non-hydrogen) atoms. The Labute approximate surface area is 108 Å². The van der Waals surface area contributed by atoms with Crippen LogP contribution in [0.1, 0.15) is 25.3 Å². The molecular formula is C12H19N3O2S. The highest BCUT2D eigenvalue weighted by atomic mass is 32.2. The van der Waals surface area contributed by atoms with Crippen LogP contribution in [-0.4, -0.2) is 30.8 Å². The van der Waals surface area contributed by atoms with Gasteiger partial charge in [-0.05, 0) is 37.3 Å². The first kappa shape index (κ1) is 13.5. The monoisotopic (exact) mass is 269 g/mol. The summed E-state index contributed by atoms with van der Waals surface area (Å²) in [5.74, 6) is 0.494. The summed E-state index contributed by atoms with van der Waals surface area (Å²) < 4.78 is 26.1. The normalized spacial score (nSPS) is 18.0. The summed E-state index contributed by atoms with van der Waals surface area (Å²) in [7, 11) is -1.86. The van der Waals surface area contributed by atoms with Gasteiger partial charge in [0.15, 0.2) is 5.03 Å². The van der Waals surface area contributed by atoms with Crippen molar-refractivity contribution in [2.45, 2.75) is 37.4 Å². The van der Waals surface area contributed by atoms with Crippen LogP contribution in [-0.2, 0) is 16.6 Å². The Bertz CT molecular complexity index is 509. The second-order valence-corrected chi connectivity index (χ2v) is 6.75. The fourth-order valence-electron chi connectivity index (χ4n) is 1.93. The first-order valence-corrected chi connectivity index (χ1v) is 7.54. The van der Waals surface area contributed by atoms with Gasteiger partial charge < -0.3 is 5.73 Å². The summed E-state index contributed by atoms with van der Waals surface area (Å²) in [6.45, 7) is 2.31. The van der Waals surface area contributed by atoms with Gasteiger partial charge >= 0.3 is 0 Å². The topological polar surface area (TPSA) is 76.3 Å². The van der Waals surface area contributed by atoms with Gasteiger partial charge in [-0.15, -0.1) is 0 Å². The smallest absolute Gasteiger partial charge is 0.260 e. The molecule has 1 aromatic rings. The zero-order valence-electron chi connectivity index (χ0n) is 10.7. The molecule has 1 fully saturated rings. The van der Waals surface area contributed by atoms with E-state index in [-0.39, 0.29) is 11.1 Å². The number of hydrogen-bond acceptors (Lipinski definition) is 4. The predicted octanol–water partition coefficient (Wildman–Crippen LogP) is 0.959. The Balaban J connectivity index is 2.23. The van der Waals surface area contributed by atoms with Gasteiger partial charge in [-0.25, -0.2) is 13.4 Å². The van der Waals surface area contributed by atoms with Crippen molar-refractivity contribution in [1.29, 1.82) is 0 Å². The summed E-state index contributed by atoms with van der Waals surface area (Å²) in [5.41, 5.74) is 6.29. The minimum atomic E-state index is -3.49. The van der Waals surface area contributed by atoms with Gasteiger partial charge in [0, 0.05) is 25.8 Å². The minimum Gasteiger partial charge on any atom is -0.326 e. The molecule has 1 aliphatic carbocycles. The molecule has 1 saturated carbocycles. The molecule has 0 saturated heterocycles. The van der Waals surface area contributed by atoms with Crippen LogP contribution in [0, 0.1) is 5.92 Å². The van der Waals surface area contributed by atoms with Crippen molar-refractivity contribution in [2.75, 3.05) is 7.05 Å². The largest absolute Gasteiger partial charge is 0.326 e. The Morgan fingerprint density at radius 1 is 1.50 bits per heavy atom. The maximum atomic E-state index is 12.3. The van der Waals surface area contributed by atoms with E-state index >= 15 is 0 Å². The summed E-state index contributed by atoms with van der Waals surface area (Å²) in [6.07, 6.45) is 3.74. The Morgan fingerprint density at radius 2 is 2.17 bits per heavy atom. The Kier molecular flexibility index (Phi) is 3.70. The third-order valence-electron chi connectivity index (χ3n) is 3.55. The van der Waals surface area contributed by atoms with E-state index < -0.39 is 10.0 Å². The average molecular weight is 269 g/mol. The van der Waals surface area contributed by atoms with Crippen molar-refractivity contribution in [3.8, 4) is 0 Å². The third-order valence-corrected chi connectivity index (χ3v) is 5.42. The van der Waals surface area contributed by atoms with E-state index in [1.165, 1.54) is 16.6 Å². The number of nitrogens with zero attached hydrogens (tertiary/aromatic N) is 2. The van der Waals surface area contributed by atoms with E-state index in [0.29, 0.717) is 12.5 Å². The second-order valence-electron chi connectivity index (χ2n) is 4.81. The molecule has 100 valence electrons. The zero-order valence-corrected chi connectivity index (χ0v) is 11.5. The lowest BCUT2D eigenvalue weighted by atomic mass is 10.2. The molecule has 0 spiro atoms. The molecule has 2 N–H and O–H groups in total. The second kappa shape index (κ2) is 4.95. The average Bonchev–Trinajstić information content (AvgIpc) is 3.21. The number of nitrogens with two attached hydrogens (primary N) is 1. The molecule has 0 aromatic carbocycles. The van der Waals surface area contributed by atoms with Crippen molar-refractivity contribution < 1.29 is 8.42 Å². The lowest BCUT2D eigenvalue weighted by molar-refractivity contribution is 0.355. The van der Waals surface area contributed by atoms with Crippen LogP contribution >= 0.6 is 0 Å². The maximum Gasteiger partial charge on any atom is 0.260 e. The molecule has 1 aromatic heterocycles. The van der Waals surface area contributed by atoms with Crippen LogP contribution in [0.5, 0.6) is 0 Å². The number of sulfonamides is 1. The fraction of sp³-hybridized carbons (Fsp3) is 0.583. The van der Waals surface area contributed by atoms with Crippen molar-refractivity contribution in [2.24, 2.45) is 11.7 Å². The van der Waals surface area contributed by atoms with Crippen molar-refractivity contribution >= 4 is 10.0 Å². The molecule has 0 amide bonds. The first-order chi connectivity index (χ1) is 8.46. The van der Waals surface area contributed by atoms with E-state index in [2.05, 4.69) is 4.98 Å². The molecule has 1 aliphatic rings. The first-order valence-electron chi connectivity index (χ1n) is 6.10. The zero-order chi connectivity index (χ0) is 13.3. The van der Waals surface area contributed by atoms with E-state index in [4.69, 9.17) is 5.73 Å². The highest BCUT2D eigenvalue weighted by molar-refractivity contribution is 7.89. The molecular weight excluding hydrogens is 250 g/mol.